The summed E-state index contributed by atoms with van der Waals surface area (Å²) < 4.78 is 22.0. The Kier molecular flexibility index (Phi) is 6.68. The fraction of sp³-hybridized carbons (Fsp3) is 0.0345. The number of hydrogen-bond acceptors (Lipinski definition) is 2. The lowest BCUT2D eigenvalue weighted by molar-refractivity contribution is 0.586. The number of para-hydroxylation sites is 1. The molecule has 6 nitrogen and oxygen atoms in total. The molecule has 8 heteroatoms. The first kappa shape index (κ1) is 23.4. The smallest absolute Gasteiger partial charge is 0.317 e. The Balaban J connectivity index is 1.41. The van der Waals surface area contributed by atoms with Crippen molar-refractivity contribution in [2.75, 3.05) is 0 Å². The zero-order valence-electron chi connectivity index (χ0n) is 20.3. The van der Waals surface area contributed by atoms with Gasteiger partial charge in [-0.25, -0.2) is 0 Å². The van der Waals surface area contributed by atoms with Crippen molar-refractivity contribution in [3.05, 3.63) is 146 Å². The van der Waals surface area contributed by atoms with Gasteiger partial charge in [0.1, 0.15) is 11.5 Å². The second kappa shape index (κ2) is 10.6. The van der Waals surface area contributed by atoms with E-state index in [-0.39, 0.29) is 0 Å². The average molecular weight is 525 g/mol. The number of rotatable bonds is 9. The fourth-order valence-electron chi connectivity index (χ4n) is 4.06. The summed E-state index contributed by atoms with van der Waals surface area (Å²) in [4.78, 5) is 0. The lowest BCUT2D eigenvalue weighted by atomic mass is 10.0. The molecule has 0 radical (unpaired) electrons. The molecular formula is C29H26N4O2P2. The third-order valence-electron chi connectivity index (χ3n) is 5.82. The molecule has 0 aliphatic heterocycles. The van der Waals surface area contributed by atoms with Crippen molar-refractivity contribution in [2.24, 2.45) is 0 Å². The Morgan fingerprint density at radius 2 is 0.865 bits per heavy atom. The zero-order chi connectivity index (χ0) is 25.0. The third kappa shape index (κ3) is 4.99. The minimum atomic E-state index is -1.17. The summed E-state index contributed by atoms with van der Waals surface area (Å²) in [6.07, 6.45) is 16.3. The molecule has 0 spiro atoms. The van der Waals surface area contributed by atoms with Crippen LogP contribution in [-0.4, -0.2) is 17.4 Å². The molecule has 4 heterocycles. The van der Waals surface area contributed by atoms with Crippen LogP contribution in [0.25, 0.3) is 11.1 Å². The van der Waals surface area contributed by atoms with E-state index in [2.05, 4.69) is 48.5 Å². The van der Waals surface area contributed by atoms with Crippen LogP contribution in [0, 0.1) is 6.92 Å². The number of hydrogen-bond donors (Lipinski definition) is 0. The van der Waals surface area contributed by atoms with Crippen LogP contribution in [0.2, 0.25) is 0 Å². The predicted octanol–water partition coefficient (Wildman–Crippen LogP) is 8.27. The summed E-state index contributed by atoms with van der Waals surface area (Å²) in [5.41, 5.74) is 3.11. The molecule has 0 aliphatic rings. The Labute approximate surface area is 218 Å². The lowest BCUT2D eigenvalue weighted by Gasteiger charge is -2.24. The molecule has 6 aromatic rings. The van der Waals surface area contributed by atoms with Gasteiger partial charge in [-0.1, -0.05) is 30.3 Å². The Morgan fingerprint density at radius 3 is 1.35 bits per heavy atom. The Morgan fingerprint density at radius 1 is 0.459 bits per heavy atom. The van der Waals surface area contributed by atoms with E-state index < -0.39 is 16.9 Å². The first-order valence-corrected chi connectivity index (χ1v) is 14.3. The SMILES string of the molecule is Cc1ccc(-c2ccccc2OP(n2cccc2)n2cccc2)c(OP(n2cccc2)n2cccc2)c1. The normalized spacial score (nSPS) is 11.3. The molecule has 4 aromatic heterocycles. The van der Waals surface area contributed by atoms with Gasteiger partial charge in [-0.15, -0.1) is 0 Å². The highest BCUT2D eigenvalue weighted by atomic mass is 31.2. The quantitative estimate of drug-likeness (QED) is 0.179. The molecule has 0 aliphatic carbocycles. The van der Waals surface area contributed by atoms with Crippen molar-refractivity contribution >= 4 is 16.9 Å². The van der Waals surface area contributed by atoms with Crippen LogP contribution < -0.4 is 9.05 Å². The molecule has 0 saturated carbocycles. The zero-order valence-corrected chi connectivity index (χ0v) is 22.1. The van der Waals surface area contributed by atoms with E-state index in [9.17, 15) is 0 Å². The Bertz CT molecular complexity index is 1480. The maximum Gasteiger partial charge on any atom is 0.317 e. The van der Waals surface area contributed by atoms with Crippen molar-refractivity contribution in [2.45, 2.75) is 6.92 Å². The minimum absolute atomic E-state index is 0.802. The monoisotopic (exact) mass is 524 g/mol. The summed E-state index contributed by atoms with van der Waals surface area (Å²) in [6, 6.07) is 30.7. The molecule has 0 amide bonds. The molecule has 0 bridgehead atoms. The molecule has 0 saturated heterocycles. The molecule has 0 atom stereocenters. The number of benzene rings is 2. The average Bonchev–Trinajstić information content (AvgIpc) is 3.74. The van der Waals surface area contributed by atoms with E-state index >= 15 is 0 Å². The van der Waals surface area contributed by atoms with E-state index in [0.717, 1.165) is 28.2 Å². The van der Waals surface area contributed by atoms with E-state index in [1.54, 1.807) is 0 Å². The summed E-state index contributed by atoms with van der Waals surface area (Å²) in [7, 11) is -2.33. The van der Waals surface area contributed by atoms with Crippen molar-refractivity contribution in [1.29, 1.82) is 0 Å². The second-order valence-corrected chi connectivity index (χ2v) is 11.7. The van der Waals surface area contributed by atoms with Gasteiger partial charge in [-0.3, -0.25) is 17.4 Å². The van der Waals surface area contributed by atoms with Crippen LogP contribution in [-0.2, 0) is 0 Å². The van der Waals surface area contributed by atoms with Crippen molar-refractivity contribution < 1.29 is 9.05 Å². The largest absolute Gasteiger partial charge is 0.435 e. The topological polar surface area (TPSA) is 38.2 Å². The highest BCUT2D eigenvalue weighted by molar-refractivity contribution is 7.49. The van der Waals surface area contributed by atoms with E-state index in [1.807, 2.05) is 116 Å². The second-order valence-electron chi connectivity index (χ2n) is 8.44. The van der Waals surface area contributed by atoms with Gasteiger partial charge < -0.3 is 9.05 Å². The highest BCUT2D eigenvalue weighted by Crippen LogP contribution is 2.49. The third-order valence-corrected chi connectivity index (χ3v) is 9.19. The maximum atomic E-state index is 6.80. The van der Waals surface area contributed by atoms with Crippen LogP contribution in [0.15, 0.2) is 141 Å². The summed E-state index contributed by atoms with van der Waals surface area (Å²) in [5.74, 6) is 1.62. The van der Waals surface area contributed by atoms with E-state index in [1.165, 1.54) is 0 Å². The van der Waals surface area contributed by atoms with Crippen molar-refractivity contribution in [3.63, 3.8) is 0 Å². The standard InChI is InChI=1S/C29H26N4O2P2/c1-25-14-15-27(29(24-25)35-37(32-20-8-9-21-32)33-22-10-11-23-33)26-12-2-3-13-28(26)34-36(30-16-4-5-17-30)31-18-6-7-19-31/h2-24H,1H3. The van der Waals surface area contributed by atoms with E-state index in [4.69, 9.17) is 9.05 Å². The molecule has 0 N–H and O–H groups in total. The van der Waals surface area contributed by atoms with Crippen LogP contribution >= 0.6 is 16.9 Å². The van der Waals surface area contributed by atoms with Crippen LogP contribution in [0.4, 0.5) is 0 Å². The highest BCUT2D eigenvalue weighted by Gasteiger charge is 2.22. The molecular weight excluding hydrogens is 498 g/mol. The number of aromatic nitrogens is 4. The summed E-state index contributed by atoms with van der Waals surface area (Å²) >= 11 is 0. The van der Waals surface area contributed by atoms with Gasteiger partial charge in [0.05, 0.1) is 0 Å². The first-order chi connectivity index (χ1) is 18.3. The summed E-state index contributed by atoms with van der Waals surface area (Å²) in [6.45, 7) is 2.09. The number of nitrogens with zero attached hydrogens (tertiary/aromatic N) is 4. The van der Waals surface area contributed by atoms with Gasteiger partial charge in [0.15, 0.2) is 0 Å². The van der Waals surface area contributed by atoms with E-state index in [0.29, 0.717) is 0 Å². The molecule has 184 valence electrons. The first-order valence-electron chi connectivity index (χ1n) is 12.0. The van der Waals surface area contributed by atoms with Crippen LogP contribution in [0.5, 0.6) is 11.5 Å². The van der Waals surface area contributed by atoms with Crippen LogP contribution in [0.1, 0.15) is 5.56 Å². The van der Waals surface area contributed by atoms with Gasteiger partial charge in [0.2, 0.25) is 0 Å². The molecule has 37 heavy (non-hydrogen) atoms. The van der Waals surface area contributed by atoms with Gasteiger partial charge in [0, 0.05) is 60.7 Å². The van der Waals surface area contributed by atoms with Gasteiger partial charge >= 0.3 is 16.9 Å². The molecule has 0 unspecified atom stereocenters. The maximum absolute atomic E-state index is 6.80. The molecule has 2 aromatic carbocycles. The number of aryl methyl sites for hydroxylation is 1. The predicted molar refractivity (Wildman–Crippen MR) is 151 cm³/mol. The Hall–Kier alpha value is -3.98. The summed E-state index contributed by atoms with van der Waals surface area (Å²) in [5, 5.41) is 0. The molecule has 6 rings (SSSR count). The van der Waals surface area contributed by atoms with Crippen molar-refractivity contribution in [3.8, 4) is 22.6 Å². The van der Waals surface area contributed by atoms with Crippen molar-refractivity contribution in [1.82, 2.24) is 17.4 Å². The van der Waals surface area contributed by atoms with Gasteiger partial charge in [-0.05, 0) is 73.2 Å². The van der Waals surface area contributed by atoms with Gasteiger partial charge in [-0.2, -0.15) is 0 Å². The fourth-order valence-corrected chi connectivity index (χ4v) is 7.10. The molecule has 0 fully saturated rings. The minimum Gasteiger partial charge on any atom is -0.435 e. The van der Waals surface area contributed by atoms with Gasteiger partial charge in [0.25, 0.3) is 0 Å². The van der Waals surface area contributed by atoms with Crippen LogP contribution in [0.3, 0.4) is 0 Å². The lowest BCUT2D eigenvalue weighted by Crippen LogP contribution is -2.06.